The van der Waals surface area contributed by atoms with Crippen LogP contribution in [0.25, 0.3) is 0 Å². The van der Waals surface area contributed by atoms with Crippen molar-refractivity contribution in [1.29, 1.82) is 0 Å². The van der Waals surface area contributed by atoms with E-state index in [0.29, 0.717) is 25.9 Å². The molecule has 0 heterocycles. The predicted octanol–water partition coefficient (Wildman–Crippen LogP) is 23.4. The van der Waals surface area contributed by atoms with E-state index in [-0.39, 0.29) is 18.5 Å². The molecule has 3 N–H and O–H groups in total. The van der Waals surface area contributed by atoms with Gasteiger partial charge in [0, 0.05) is 12.8 Å². The van der Waals surface area contributed by atoms with E-state index in [1.807, 2.05) is 0 Å². The maximum atomic E-state index is 12.5. The molecule has 0 saturated carbocycles. The van der Waals surface area contributed by atoms with Gasteiger partial charge in [-0.05, 0) is 25.7 Å². The summed E-state index contributed by atoms with van der Waals surface area (Å²) in [7, 11) is 0. The van der Waals surface area contributed by atoms with Gasteiger partial charge in [0.15, 0.2) is 0 Å². The maximum absolute atomic E-state index is 12.5. The Hall–Kier alpha value is -1.14. The summed E-state index contributed by atoms with van der Waals surface area (Å²) in [5.74, 6) is -0.00159. The zero-order valence-corrected chi connectivity index (χ0v) is 53.4. The van der Waals surface area contributed by atoms with Crippen molar-refractivity contribution in [2.45, 2.75) is 437 Å². The first-order valence-electron chi connectivity index (χ1n) is 36.3. The number of aliphatic hydroxyl groups excluding tert-OH is 2. The van der Waals surface area contributed by atoms with Crippen LogP contribution >= 0.6 is 0 Å². The van der Waals surface area contributed by atoms with Crippen molar-refractivity contribution in [1.82, 2.24) is 5.32 Å². The van der Waals surface area contributed by atoms with E-state index in [1.54, 1.807) is 0 Å². The smallest absolute Gasteiger partial charge is 0.305 e. The Kier molecular flexibility index (Phi) is 67.4. The lowest BCUT2D eigenvalue weighted by Crippen LogP contribution is -2.45. The molecule has 0 aliphatic rings. The number of esters is 1. The van der Waals surface area contributed by atoms with E-state index in [2.05, 4.69) is 19.2 Å². The first-order valence-corrected chi connectivity index (χ1v) is 36.3. The molecule has 0 radical (unpaired) electrons. The van der Waals surface area contributed by atoms with Gasteiger partial charge in [-0.2, -0.15) is 0 Å². The number of hydrogen-bond donors (Lipinski definition) is 3. The van der Waals surface area contributed by atoms with E-state index in [0.717, 1.165) is 38.5 Å². The Labute approximate surface area is 489 Å². The highest BCUT2D eigenvalue weighted by Crippen LogP contribution is 2.20. The lowest BCUT2D eigenvalue weighted by Gasteiger charge is -2.22. The minimum atomic E-state index is -0.659. The van der Waals surface area contributed by atoms with Crippen molar-refractivity contribution in [2.75, 3.05) is 13.2 Å². The van der Waals surface area contributed by atoms with Crippen LogP contribution in [0.5, 0.6) is 0 Å². The second kappa shape index (κ2) is 68.4. The molecule has 1 amide bonds. The molecular weight excluding hydrogens is 959 g/mol. The molecule has 0 aliphatic heterocycles. The summed E-state index contributed by atoms with van der Waals surface area (Å²) >= 11 is 0. The van der Waals surface area contributed by atoms with Gasteiger partial charge in [-0.1, -0.05) is 386 Å². The lowest BCUT2D eigenvalue weighted by molar-refractivity contribution is -0.143. The first-order chi connectivity index (χ1) is 38.5. The fourth-order valence-corrected chi connectivity index (χ4v) is 11.9. The standard InChI is InChI=1S/C72H143NO5/c1-3-5-7-9-11-13-15-17-18-38-42-46-50-54-58-62-66-72(77)78-67-63-59-55-51-47-43-39-36-34-32-30-28-26-24-22-20-19-21-23-25-27-29-31-33-35-37-41-45-49-53-57-61-65-71(76)73-69(68-74)70(75)64-60-56-52-48-44-40-16-14-12-10-8-6-4-2/h69-70,74-75H,3-68H2,1-2H3,(H,73,76). The normalized spacial score (nSPS) is 12.4. The molecule has 0 aromatic rings. The average Bonchev–Trinajstić information content (AvgIpc) is 3.44. The average molecular weight is 1100 g/mol. The summed E-state index contributed by atoms with van der Waals surface area (Å²) in [6, 6.07) is -0.536. The van der Waals surface area contributed by atoms with Crippen LogP contribution < -0.4 is 5.32 Å². The SMILES string of the molecule is CCCCCCCCCCCCCCCCCCC(=O)OCCCCCCCCCCCCCCCCCCCCCCCCCCCCCCCCCCC(=O)NC(CO)C(O)CCCCCCCCCCCCCCC. The molecule has 0 aromatic carbocycles. The Morgan fingerprint density at radius 1 is 0.308 bits per heavy atom. The number of hydrogen-bond acceptors (Lipinski definition) is 5. The first kappa shape index (κ1) is 76.9. The summed E-state index contributed by atoms with van der Waals surface area (Å²) in [5.41, 5.74) is 0. The molecule has 0 aromatic heterocycles. The molecule has 0 saturated heterocycles. The third-order valence-corrected chi connectivity index (χ3v) is 17.4. The summed E-state index contributed by atoms with van der Waals surface area (Å²) < 4.78 is 5.51. The van der Waals surface area contributed by atoms with Crippen molar-refractivity contribution >= 4 is 11.9 Å². The van der Waals surface area contributed by atoms with Crippen molar-refractivity contribution in [2.24, 2.45) is 0 Å². The molecule has 78 heavy (non-hydrogen) atoms. The Morgan fingerprint density at radius 3 is 0.782 bits per heavy atom. The van der Waals surface area contributed by atoms with Gasteiger partial charge < -0.3 is 20.3 Å². The number of unbranched alkanes of at least 4 members (excludes halogenated alkanes) is 58. The predicted molar refractivity (Wildman–Crippen MR) is 343 cm³/mol. The summed E-state index contributed by atoms with van der Waals surface area (Å²) in [6.07, 6.45) is 83.2. The van der Waals surface area contributed by atoms with Crippen LogP contribution in [0, 0.1) is 0 Å². The van der Waals surface area contributed by atoms with Crippen molar-refractivity contribution in [3.8, 4) is 0 Å². The van der Waals surface area contributed by atoms with Gasteiger partial charge in [-0.25, -0.2) is 0 Å². The van der Waals surface area contributed by atoms with Gasteiger partial charge >= 0.3 is 5.97 Å². The van der Waals surface area contributed by atoms with Crippen molar-refractivity contribution in [3.63, 3.8) is 0 Å². The molecule has 466 valence electrons. The van der Waals surface area contributed by atoms with Crippen molar-refractivity contribution in [3.05, 3.63) is 0 Å². The third kappa shape index (κ3) is 64.0. The number of nitrogens with one attached hydrogen (secondary N) is 1. The van der Waals surface area contributed by atoms with E-state index in [9.17, 15) is 19.8 Å². The van der Waals surface area contributed by atoms with Crippen LogP contribution in [-0.4, -0.2) is 47.4 Å². The summed E-state index contributed by atoms with van der Waals surface area (Å²) in [5, 5.41) is 23.3. The van der Waals surface area contributed by atoms with Gasteiger partial charge in [-0.3, -0.25) is 9.59 Å². The number of amides is 1. The Morgan fingerprint density at radius 2 is 0.526 bits per heavy atom. The monoisotopic (exact) mass is 1100 g/mol. The van der Waals surface area contributed by atoms with Crippen molar-refractivity contribution < 1.29 is 24.5 Å². The minimum absolute atomic E-state index is 0.0259. The number of carbonyl (C=O) groups excluding carboxylic acids is 2. The number of ether oxygens (including phenoxy) is 1. The number of rotatable bonds is 69. The van der Waals surface area contributed by atoms with Crippen LogP contribution in [0.2, 0.25) is 0 Å². The Balaban J connectivity index is 3.28. The topological polar surface area (TPSA) is 95.9 Å². The molecular formula is C72H143NO5. The highest BCUT2D eigenvalue weighted by Gasteiger charge is 2.20. The molecule has 6 nitrogen and oxygen atoms in total. The zero-order chi connectivity index (χ0) is 56.4. The summed E-state index contributed by atoms with van der Waals surface area (Å²) in [6.45, 7) is 5.00. The molecule has 0 rings (SSSR count). The van der Waals surface area contributed by atoms with Crippen LogP contribution in [0.1, 0.15) is 425 Å². The minimum Gasteiger partial charge on any atom is -0.466 e. The zero-order valence-electron chi connectivity index (χ0n) is 53.4. The third-order valence-electron chi connectivity index (χ3n) is 17.4. The van der Waals surface area contributed by atoms with Crippen LogP contribution in [-0.2, 0) is 14.3 Å². The van der Waals surface area contributed by atoms with E-state index < -0.39 is 12.1 Å². The molecule has 0 spiro atoms. The van der Waals surface area contributed by atoms with Crippen LogP contribution in [0.3, 0.4) is 0 Å². The fourth-order valence-electron chi connectivity index (χ4n) is 11.9. The molecule has 0 aliphatic carbocycles. The van der Waals surface area contributed by atoms with Gasteiger partial charge in [0.2, 0.25) is 5.91 Å². The van der Waals surface area contributed by atoms with E-state index in [4.69, 9.17) is 4.74 Å². The fraction of sp³-hybridized carbons (Fsp3) is 0.972. The van der Waals surface area contributed by atoms with Gasteiger partial charge in [0.25, 0.3) is 0 Å². The van der Waals surface area contributed by atoms with Gasteiger partial charge in [0.1, 0.15) is 0 Å². The largest absolute Gasteiger partial charge is 0.466 e. The maximum Gasteiger partial charge on any atom is 0.305 e. The van der Waals surface area contributed by atoms with E-state index >= 15 is 0 Å². The second-order valence-electron chi connectivity index (χ2n) is 25.3. The quantitative estimate of drug-likeness (QED) is 0.0417. The second-order valence-corrected chi connectivity index (χ2v) is 25.3. The highest BCUT2D eigenvalue weighted by atomic mass is 16.5. The molecule has 0 bridgehead atoms. The lowest BCUT2D eigenvalue weighted by atomic mass is 10.0. The van der Waals surface area contributed by atoms with Gasteiger partial charge in [0.05, 0.1) is 25.4 Å². The van der Waals surface area contributed by atoms with E-state index in [1.165, 1.54) is 353 Å². The molecule has 2 unspecified atom stereocenters. The Bertz CT molecular complexity index is 1130. The van der Waals surface area contributed by atoms with Crippen LogP contribution in [0.4, 0.5) is 0 Å². The molecule has 6 heteroatoms. The number of aliphatic hydroxyl groups is 2. The van der Waals surface area contributed by atoms with Gasteiger partial charge in [-0.15, -0.1) is 0 Å². The highest BCUT2D eigenvalue weighted by molar-refractivity contribution is 5.76. The summed E-state index contributed by atoms with van der Waals surface area (Å²) in [4.78, 5) is 24.6. The molecule has 2 atom stereocenters. The molecule has 0 fully saturated rings. The van der Waals surface area contributed by atoms with Crippen LogP contribution in [0.15, 0.2) is 0 Å². The number of carbonyl (C=O) groups is 2.